The summed E-state index contributed by atoms with van der Waals surface area (Å²) in [6.45, 7) is 1.82. The van der Waals surface area contributed by atoms with E-state index in [9.17, 15) is 4.79 Å². The number of rotatable bonds is 2. The van der Waals surface area contributed by atoms with Gasteiger partial charge in [-0.05, 0) is 31.2 Å². The third kappa shape index (κ3) is 1.85. The van der Waals surface area contributed by atoms with E-state index in [0.29, 0.717) is 11.5 Å². The maximum Gasteiger partial charge on any atom is 0.356 e. The molecule has 0 amide bonds. The maximum absolute atomic E-state index is 10.5. The van der Waals surface area contributed by atoms with Crippen molar-refractivity contribution in [2.45, 2.75) is 6.92 Å². The zero-order valence-corrected chi connectivity index (χ0v) is 7.97. The van der Waals surface area contributed by atoms with E-state index in [1.165, 1.54) is 6.07 Å². The van der Waals surface area contributed by atoms with Crippen LogP contribution in [0.15, 0.2) is 28.7 Å². The summed E-state index contributed by atoms with van der Waals surface area (Å²) in [6.07, 6.45) is 0. The van der Waals surface area contributed by atoms with Crippen molar-refractivity contribution in [1.29, 1.82) is 0 Å². The maximum atomic E-state index is 10.5. The fourth-order valence-corrected chi connectivity index (χ4v) is 1.15. The lowest BCUT2D eigenvalue weighted by Crippen LogP contribution is -2.01. The van der Waals surface area contributed by atoms with Gasteiger partial charge in [0, 0.05) is 0 Å². The first-order valence-electron chi connectivity index (χ1n) is 4.30. The summed E-state index contributed by atoms with van der Waals surface area (Å²) in [7, 11) is 0. The molecule has 0 aromatic carbocycles. The van der Waals surface area contributed by atoms with Crippen LogP contribution >= 0.6 is 0 Å². The molecule has 0 saturated carbocycles. The van der Waals surface area contributed by atoms with Crippen molar-refractivity contribution < 1.29 is 14.3 Å². The number of hydrogen-bond donors (Lipinski definition) is 1. The molecular formula is C10H8N2O3. The van der Waals surface area contributed by atoms with Crippen molar-refractivity contribution >= 4 is 5.97 Å². The third-order valence-corrected chi connectivity index (χ3v) is 1.88. The monoisotopic (exact) mass is 204 g/mol. The number of nitrogens with zero attached hydrogens (tertiary/aromatic N) is 2. The zero-order chi connectivity index (χ0) is 10.8. The number of aryl methyl sites for hydroxylation is 1. The molecule has 0 aliphatic heterocycles. The molecule has 0 unspecified atom stereocenters. The molecule has 2 aromatic heterocycles. The first-order chi connectivity index (χ1) is 7.16. The molecule has 0 fully saturated rings. The molecule has 2 aromatic rings. The predicted octanol–water partition coefficient (Wildman–Crippen LogP) is 1.74. The molecule has 76 valence electrons. The van der Waals surface area contributed by atoms with Crippen molar-refractivity contribution in [3.63, 3.8) is 0 Å². The standard InChI is InChI=1S/C10H8N2O3/c1-6-2-5-9(15-6)7-3-4-8(10(13)14)12-11-7/h2-5H,1H3,(H,13,14). The molecule has 0 aliphatic carbocycles. The Bertz CT molecular complexity index is 488. The van der Waals surface area contributed by atoms with E-state index in [-0.39, 0.29) is 5.69 Å². The van der Waals surface area contributed by atoms with Crippen LogP contribution in [0, 0.1) is 6.92 Å². The SMILES string of the molecule is Cc1ccc(-c2ccc(C(=O)O)nn2)o1. The number of carboxylic acid groups (broad SMARTS) is 1. The van der Waals surface area contributed by atoms with E-state index < -0.39 is 5.97 Å². The Morgan fingerprint density at radius 2 is 2.07 bits per heavy atom. The molecule has 5 nitrogen and oxygen atoms in total. The molecule has 15 heavy (non-hydrogen) atoms. The quantitative estimate of drug-likeness (QED) is 0.806. The minimum atomic E-state index is -1.09. The normalized spacial score (nSPS) is 10.2. The summed E-state index contributed by atoms with van der Waals surface area (Å²) in [4.78, 5) is 10.5. The minimum Gasteiger partial charge on any atom is -0.476 e. The first-order valence-corrected chi connectivity index (χ1v) is 4.30. The summed E-state index contributed by atoms with van der Waals surface area (Å²) in [5.41, 5.74) is 0.440. The van der Waals surface area contributed by atoms with Gasteiger partial charge in [0.2, 0.25) is 0 Å². The first kappa shape index (κ1) is 9.39. The molecule has 0 bridgehead atoms. The molecule has 2 rings (SSSR count). The van der Waals surface area contributed by atoms with E-state index in [1.807, 2.05) is 13.0 Å². The summed E-state index contributed by atoms with van der Waals surface area (Å²) < 4.78 is 5.32. The van der Waals surface area contributed by atoms with Crippen LogP contribution in [-0.4, -0.2) is 21.3 Å². The summed E-state index contributed by atoms with van der Waals surface area (Å²) in [6, 6.07) is 6.53. The third-order valence-electron chi connectivity index (χ3n) is 1.88. The highest BCUT2D eigenvalue weighted by molar-refractivity contribution is 5.85. The number of aromatic nitrogens is 2. The van der Waals surface area contributed by atoms with E-state index in [0.717, 1.165) is 5.76 Å². The van der Waals surface area contributed by atoms with Gasteiger partial charge in [-0.15, -0.1) is 10.2 Å². The highest BCUT2D eigenvalue weighted by Crippen LogP contribution is 2.18. The summed E-state index contributed by atoms with van der Waals surface area (Å²) in [5, 5.41) is 15.9. The topological polar surface area (TPSA) is 76.2 Å². The van der Waals surface area contributed by atoms with Crippen LogP contribution in [0.2, 0.25) is 0 Å². The highest BCUT2D eigenvalue weighted by Gasteiger charge is 2.08. The van der Waals surface area contributed by atoms with Crippen LogP contribution in [-0.2, 0) is 0 Å². The Hall–Kier alpha value is -2.17. The lowest BCUT2D eigenvalue weighted by molar-refractivity contribution is 0.0689. The number of aromatic carboxylic acids is 1. The molecule has 2 heterocycles. The molecule has 0 aliphatic rings. The Kier molecular flexibility index (Phi) is 2.21. The second kappa shape index (κ2) is 3.53. The molecule has 1 N–H and O–H groups in total. The van der Waals surface area contributed by atoms with Crippen LogP contribution < -0.4 is 0 Å². The number of furan rings is 1. The lowest BCUT2D eigenvalue weighted by Gasteiger charge is -1.95. The molecule has 5 heteroatoms. The van der Waals surface area contributed by atoms with Gasteiger partial charge < -0.3 is 9.52 Å². The molecule has 0 spiro atoms. The predicted molar refractivity (Wildman–Crippen MR) is 51.4 cm³/mol. The summed E-state index contributed by atoms with van der Waals surface area (Å²) in [5.74, 6) is 0.260. The van der Waals surface area contributed by atoms with Gasteiger partial charge in [0.15, 0.2) is 11.5 Å². The molecular weight excluding hydrogens is 196 g/mol. The van der Waals surface area contributed by atoms with Crippen LogP contribution in [0.5, 0.6) is 0 Å². The zero-order valence-electron chi connectivity index (χ0n) is 7.97. The van der Waals surface area contributed by atoms with Crippen molar-refractivity contribution in [3.8, 4) is 11.5 Å². The summed E-state index contributed by atoms with van der Waals surface area (Å²) >= 11 is 0. The van der Waals surface area contributed by atoms with E-state index >= 15 is 0 Å². The van der Waals surface area contributed by atoms with Crippen LogP contribution in [0.4, 0.5) is 0 Å². The van der Waals surface area contributed by atoms with Crippen molar-refractivity contribution in [3.05, 3.63) is 35.7 Å². The minimum absolute atomic E-state index is 0.0815. The molecule has 0 radical (unpaired) electrons. The second-order valence-corrected chi connectivity index (χ2v) is 3.02. The van der Waals surface area contributed by atoms with Crippen LogP contribution in [0.25, 0.3) is 11.5 Å². The van der Waals surface area contributed by atoms with Gasteiger partial charge in [0.05, 0.1) is 0 Å². The van der Waals surface area contributed by atoms with Crippen molar-refractivity contribution in [2.24, 2.45) is 0 Å². The Morgan fingerprint density at radius 1 is 1.27 bits per heavy atom. The van der Waals surface area contributed by atoms with E-state index in [2.05, 4.69) is 10.2 Å². The lowest BCUT2D eigenvalue weighted by atomic mass is 10.3. The molecule has 0 atom stereocenters. The largest absolute Gasteiger partial charge is 0.476 e. The molecule has 0 saturated heterocycles. The number of carbonyl (C=O) groups is 1. The Morgan fingerprint density at radius 3 is 2.53 bits per heavy atom. The van der Waals surface area contributed by atoms with Crippen molar-refractivity contribution in [2.75, 3.05) is 0 Å². The average molecular weight is 204 g/mol. The fourth-order valence-electron chi connectivity index (χ4n) is 1.15. The van der Waals surface area contributed by atoms with Gasteiger partial charge in [-0.1, -0.05) is 0 Å². The number of carboxylic acids is 1. The van der Waals surface area contributed by atoms with E-state index in [1.54, 1.807) is 12.1 Å². The average Bonchev–Trinajstić information content (AvgIpc) is 2.65. The van der Waals surface area contributed by atoms with Gasteiger partial charge in [-0.2, -0.15) is 0 Å². The smallest absolute Gasteiger partial charge is 0.356 e. The van der Waals surface area contributed by atoms with Gasteiger partial charge >= 0.3 is 5.97 Å². The van der Waals surface area contributed by atoms with Gasteiger partial charge in [0.25, 0.3) is 0 Å². The van der Waals surface area contributed by atoms with Crippen LogP contribution in [0.3, 0.4) is 0 Å². The number of hydrogen-bond acceptors (Lipinski definition) is 4. The van der Waals surface area contributed by atoms with Gasteiger partial charge in [-0.25, -0.2) is 4.79 Å². The van der Waals surface area contributed by atoms with Crippen molar-refractivity contribution in [1.82, 2.24) is 10.2 Å². The van der Waals surface area contributed by atoms with Gasteiger partial charge in [-0.3, -0.25) is 0 Å². The van der Waals surface area contributed by atoms with E-state index in [4.69, 9.17) is 9.52 Å². The van der Waals surface area contributed by atoms with Crippen LogP contribution in [0.1, 0.15) is 16.2 Å². The van der Waals surface area contributed by atoms with Gasteiger partial charge in [0.1, 0.15) is 11.5 Å². The highest BCUT2D eigenvalue weighted by atomic mass is 16.4. The Labute approximate surface area is 85.4 Å². The Balaban J connectivity index is 2.35. The fraction of sp³-hybridized carbons (Fsp3) is 0.100. The second-order valence-electron chi connectivity index (χ2n) is 3.02.